The summed E-state index contributed by atoms with van der Waals surface area (Å²) < 4.78 is 37.4. The van der Waals surface area contributed by atoms with Crippen molar-refractivity contribution in [2.24, 2.45) is 0 Å². The Labute approximate surface area is 135 Å². The largest absolute Gasteiger partial charge is 0.468 e. The molecule has 1 aromatic rings. The summed E-state index contributed by atoms with van der Waals surface area (Å²) in [7, 11) is -1.80. The maximum Gasteiger partial charge on any atom is 0.324 e. The van der Waals surface area contributed by atoms with E-state index >= 15 is 0 Å². The Balaban J connectivity index is 2.84. The fraction of sp³-hybridized carbons (Fsp3) is 0.429. The molecule has 9 heteroatoms. The predicted octanol–water partition coefficient (Wildman–Crippen LogP) is -0.244. The van der Waals surface area contributed by atoms with Crippen LogP contribution in [0.3, 0.4) is 0 Å². The highest BCUT2D eigenvalue weighted by molar-refractivity contribution is 7.87. The fourth-order valence-corrected chi connectivity index (χ4v) is 3.03. The van der Waals surface area contributed by atoms with Crippen molar-refractivity contribution in [1.29, 1.82) is 0 Å². The van der Waals surface area contributed by atoms with Crippen molar-refractivity contribution in [2.75, 3.05) is 14.2 Å². The topological polar surface area (TPSA) is 111 Å². The third-order valence-electron chi connectivity index (χ3n) is 2.95. The van der Waals surface area contributed by atoms with Gasteiger partial charge in [-0.25, -0.2) is 0 Å². The van der Waals surface area contributed by atoms with Crippen molar-refractivity contribution < 1.29 is 27.5 Å². The van der Waals surface area contributed by atoms with Gasteiger partial charge in [0.05, 0.1) is 14.2 Å². The Kier molecular flexibility index (Phi) is 7.14. The average Bonchev–Trinajstić information content (AvgIpc) is 2.52. The van der Waals surface area contributed by atoms with Gasteiger partial charge in [0.2, 0.25) is 0 Å². The fourth-order valence-electron chi connectivity index (χ4n) is 1.84. The highest BCUT2D eigenvalue weighted by Crippen LogP contribution is 2.05. The standard InChI is InChI=1S/C14H20N2O6S/c1-10(13(17)21-2)15-23(19,20)16-12(14(18)22-3)9-11-7-5-4-6-8-11/h4-8,10,12,15-16H,9H2,1-3H3/t10-,12+/m0/s1. The summed E-state index contributed by atoms with van der Waals surface area (Å²) in [6.07, 6.45) is 0.112. The van der Waals surface area contributed by atoms with E-state index in [9.17, 15) is 18.0 Å². The van der Waals surface area contributed by atoms with Crippen LogP contribution >= 0.6 is 0 Å². The van der Waals surface area contributed by atoms with Gasteiger partial charge in [0.25, 0.3) is 10.2 Å². The van der Waals surface area contributed by atoms with Gasteiger partial charge >= 0.3 is 11.9 Å². The molecule has 0 saturated carbocycles. The van der Waals surface area contributed by atoms with Crippen LogP contribution in [0.5, 0.6) is 0 Å². The Hall–Kier alpha value is -1.97. The summed E-state index contributed by atoms with van der Waals surface area (Å²) in [6.45, 7) is 1.33. The van der Waals surface area contributed by atoms with Crippen LogP contribution in [-0.2, 0) is 35.7 Å². The second-order valence-electron chi connectivity index (χ2n) is 4.75. The summed E-state index contributed by atoms with van der Waals surface area (Å²) in [6, 6.07) is 6.66. The van der Waals surface area contributed by atoms with Crippen LogP contribution in [0.4, 0.5) is 0 Å². The molecule has 128 valence electrons. The minimum absolute atomic E-state index is 0.112. The van der Waals surface area contributed by atoms with E-state index in [1.165, 1.54) is 14.0 Å². The minimum atomic E-state index is -4.11. The first-order valence-electron chi connectivity index (χ1n) is 6.78. The summed E-state index contributed by atoms with van der Waals surface area (Å²) in [5, 5.41) is 0. The summed E-state index contributed by atoms with van der Waals surface area (Å²) >= 11 is 0. The molecule has 23 heavy (non-hydrogen) atoms. The van der Waals surface area contributed by atoms with E-state index in [4.69, 9.17) is 0 Å². The lowest BCUT2D eigenvalue weighted by molar-refractivity contribution is -0.142. The summed E-state index contributed by atoms with van der Waals surface area (Å²) in [5.41, 5.74) is 0.756. The van der Waals surface area contributed by atoms with Gasteiger partial charge in [-0.1, -0.05) is 30.3 Å². The molecule has 2 atom stereocenters. The van der Waals surface area contributed by atoms with Crippen molar-refractivity contribution in [2.45, 2.75) is 25.4 Å². The molecule has 0 saturated heterocycles. The van der Waals surface area contributed by atoms with Crippen LogP contribution in [-0.4, -0.2) is 46.7 Å². The first-order chi connectivity index (χ1) is 10.8. The van der Waals surface area contributed by atoms with Gasteiger partial charge in [-0.3, -0.25) is 9.59 Å². The normalized spacial score (nSPS) is 13.9. The lowest BCUT2D eigenvalue weighted by atomic mass is 10.1. The first kappa shape index (κ1) is 19.1. The number of methoxy groups -OCH3 is 2. The van der Waals surface area contributed by atoms with Gasteiger partial charge in [0.1, 0.15) is 12.1 Å². The number of carbonyl (C=O) groups excluding carboxylic acids is 2. The monoisotopic (exact) mass is 344 g/mol. The lowest BCUT2D eigenvalue weighted by Crippen LogP contribution is -2.51. The number of nitrogens with one attached hydrogen (secondary N) is 2. The maximum atomic E-state index is 12.0. The minimum Gasteiger partial charge on any atom is -0.468 e. The van der Waals surface area contributed by atoms with Gasteiger partial charge in [0, 0.05) is 0 Å². The molecule has 0 aliphatic heterocycles. The predicted molar refractivity (Wildman–Crippen MR) is 82.6 cm³/mol. The molecule has 8 nitrogen and oxygen atoms in total. The molecular formula is C14H20N2O6S. The highest BCUT2D eigenvalue weighted by atomic mass is 32.2. The summed E-state index contributed by atoms with van der Waals surface area (Å²) in [5.74, 6) is -1.47. The zero-order valence-corrected chi connectivity index (χ0v) is 13.9. The summed E-state index contributed by atoms with van der Waals surface area (Å²) in [4.78, 5) is 23.1. The number of benzene rings is 1. The van der Waals surface area contributed by atoms with Crippen LogP contribution in [0.25, 0.3) is 0 Å². The highest BCUT2D eigenvalue weighted by Gasteiger charge is 2.28. The van der Waals surface area contributed by atoms with E-state index in [2.05, 4.69) is 18.9 Å². The number of ether oxygens (including phenoxy) is 2. The van der Waals surface area contributed by atoms with Crippen LogP contribution in [0.15, 0.2) is 30.3 Å². The van der Waals surface area contributed by atoms with Crippen LogP contribution in [0.2, 0.25) is 0 Å². The molecule has 0 spiro atoms. The molecule has 2 N–H and O–H groups in total. The van der Waals surface area contributed by atoms with E-state index in [-0.39, 0.29) is 6.42 Å². The van der Waals surface area contributed by atoms with Crippen molar-refractivity contribution in [3.8, 4) is 0 Å². The van der Waals surface area contributed by atoms with Crippen molar-refractivity contribution in [3.05, 3.63) is 35.9 Å². The molecule has 0 aliphatic carbocycles. The molecule has 0 fully saturated rings. The van der Waals surface area contributed by atoms with Gasteiger partial charge in [-0.2, -0.15) is 17.9 Å². The van der Waals surface area contributed by atoms with Crippen LogP contribution in [0.1, 0.15) is 12.5 Å². The molecule has 1 aromatic carbocycles. The van der Waals surface area contributed by atoms with E-state index in [0.717, 1.165) is 12.7 Å². The second kappa shape index (κ2) is 8.61. The molecular weight excluding hydrogens is 324 g/mol. The van der Waals surface area contributed by atoms with Crippen molar-refractivity contribution in [3.63, 3.8) is 0 Å². The number of rotatable bonds is 8. The van der Waals surface area contributed by atoms with E-state index < -0.39 is 34.2 Å². The maximum absolute atomic E-state index is 12.0. The first-order valence-corrected chi connectivity index (χ1v) is 8.26. The van der Waals surface area contributed by atoms with Gasteiger partial charge < -0.3 is 9.47 Å². The Bertz CT molecular complexity index is 632. The molecule has 0 bridgehead atoms. The van der Waals surface area contributed by atoms with Crippen molar-refractivity contribution >= 4 is 22.1 Å². The SMILES string of the molecule is COC(=O)[C@H](C)NS(=O)(=O)N[C@H](Cc1ccccc1)C(=O)OC. The van der Waals surface area contributed by atoms with E-state index in [0.29, 0.717) is 0 Å². The molecule has 0 amide bonds. The zero-order valence-electron chi connectivity index (χ0n) is 13.1. The Morgan fingerprint density at radius 3 is 2.13 bits per heavy atom. The van der Waals surface area contributed by atoms with Crippen LogP contribution in [0, 0.1) is 0 Å². The smallest absolute Gasteiger partial charge is 0.324 e. The molecule has 0 radical (unpaired) electrons. The molecule has 0 aromatic heterocycles. The third kappa shape index (κ3) is 6.35. The van der Waals surface area contributed by atoms with Crippen LogP contribution < -0.4 is 9.44 Å². The number of esters is 2. The Morgan fingerprint density at radius 2 is 1.61 bits per heavy atom. The molecule has 1 rings (SSSR count). The number of hydrogen-bond acceptors (Lipinski definition) is 6. The lowest BCUT2D eigenvalue weighted by Gasteiger charge is -2.18. The quantitative estimate of drug-likeness (QED) is 0.630. The Morgan fingerprint density at radius 1 is 1.04 bits per heavy atom. The average molecular weight is 344 g/mol. The molecule has 0 aliphatic rings. The zero-order chi connectivity index (χ0) is 17.5. The molecule has 0 heterocycles. The third-order valence-corrected chi connectivity index (χ3v) is 4.21. The molecule has 0 unspecified atom stereocenters. The van der Waals surface area contributed by atoms with Gasteiger partial charge in [0.15, 0.2) is 0 Å². The van der Waals surface area contributed by atoms with Gasteiger partial charge in [-0.15, -0.1) is 0 Å². The van der Waals surface area contributed by atoms with E-state index in [1.54, 1.807) is 30.3 Å². The number of hydrogen-bond donors (Lipinski definition) is 2. The number of carbonyl (C=O) groups is 2. The second-order valence-corrected chi connectivity index (χ2v) is 6.23. The van der Waals surface area contributed by atoms with Crippen molar-refractivity contribution in [1.82, 2.24) is 9.44 Å². The van der Waals surface area contributed by atoms with E-state index in [1.807, 2.05) is 0 Å². The van der Waals surface area contributed by atoms with Gasteiger partial charge in [-0.05, 0) is 18.9 Å².